The Hall–Kier alpha value is -2.41. The molecule has 0 unspecified atom stereocenters. The predicted molar refractivity (Wildman–Crippen MR) is 59.2 cm³/mol. The lowest BCUT2D eigenvalue weighted by Crippen LogP contribution is -2.32. The fourth-order valence-electron chi connectivity index (χ4n) is 1.55. The van der Waals surface area contributed by atoms with E-state index in [4.69, 9.17) is 11.6 Å². The number of carbonyl (C=O) groups is 2. The first-order valence-electron chi connectivity index (χ1n) is 5.10. The predicted octanol–water partition coefficient (Wildman–Crippen LogP) is -1.29. The number of hydrogen-bond acceptors (Lipinski definition) is 6. The lowest BCUT2D eigenvalue weighted by Gasteiger charge is -2.10. The van der Waals surface area contributed by atoms with E-state index in [-0.39, 0.29) is 6.54 Å². The number of halogens is 1. The van der Waals surface area contributed by atoms with Gasteiger partial charge in [-0.15, -0.1) is 5.10 Å². The normalized spacial score (nSPS) is 10.4. The van der Waals surface area contributed by atoms with Crippen LogP contribution in [-0.4, -0.2) is 26.9 Å². The number of hydrogen-bond donors (Lipinski definition) is 0. The van der Waals surface area contributed by atoms with Gasteiger partial charge in [-0.1, -0.05) is 35.0 Å². The number of carboxylic acids is 2. The third-order valence-electron chi connectivity index (χ3n) is 2.40. The van der Waals surface area contributed by atoms with Crippen LogP contribution in [0.3, 0.4) is 0 Å². The fraction of sp³-hybridized carbons (Fsp3) is 0.0909. The fourth-order valence-corrected chi connectivity index (χ4v) is 1.75. The van der Waals surface area contributed by atoms with Crippen LogP contribution in [0.2, 0.25) is 5.02 Å². The molecular weight excluding hydrogens is 274 g/mol. The zero-order chi connectivity index (χ0) is 14.0. The van der Waals surface area contributed by atoms with E-state index in [1.807, 2.05) is 0 Å². The standard InChI is InChI=1S/C11H8ClN3O4/c12-7-4-2-1-3-6(7)5-15-9(11(18)19)8(10(16)17)13-14-15/h1-4H,5H2,(H,16,17)(H,18,19)/p-2. The molecule has 7 nitrogen and oxygen atoms in total. The van der Waals surface area contributed by atoms with Crippen molar-refractivity contribution in [1.29, 1.82) is 0 Å². The van der Waals surface area contributed by atoms with Crippen LogP contribution in [0.25, 0.3) is 0 Å². The van der Waals surface area contributed by atoms with Gasteiger partial charge >= 0.3 is 0 Å². The molecule has 0 N–H and O–H groups in total. The molecule has 0 saturated heterocycles. The highest BCUT2D eigenvalue weighted by molar-refractivity contribution is 6.31. The van der Waals surface area contributed by atoms with Gasteiger partial charge in [0.25, 0.3) is 0 Å². The molecule has 0 atom stereocenters. The number of rotatable bonds is 4. The molecule has 8 heteroatoms. The molecule has 1 aromatic carbocycles. The topological polar surface area (TPSA) is 111 Å². The molecule has 0 bridgehead atoms. The van der Waals surface area contributed by atoms with Gasteiger partial charge in [0, 0.05) is 5.02 Å². The van der Waals surface area contributed by atoms with E-state index in [0.717, 1.165) is 4.68 Å². The number of benzene rings is 1. The first-order valence-corrected chi connectivity index (χ1v) is 5.48. The Labute approximate surface area is 112 Å². The van der Waals surface area contributed by atoms with Crippen molar-refractivity contribution in [2.24, 2.45) is 0 Å². The second-order valence-electron chi connectivity index (χ2n) is 3.61. The summed E-state index contributed by atoms with van der Waals surface area (Å²) in [6.45, 7) is -0.0384. The van der Waals surface area contributed by atoms with Crippen LogP contribution in [0.5, 0.6) is 0 Å². The largest absolute Gasteiger partial charge is 0.543 e. The van der Waals surface area contributed by atoms with Gasteiger partial charge in [-0.25, -0.2) is 4.68 Å². The van der Waals surface area contributed by atoms with Crippen LogP contribution < -0.4 is 10.2 Å². The first-order chi connectivity index (χ1) is 9.00. The third kappa shape index (κ3) is 2.55. The van der Waals surface area contributed by atoms with Gasteiger partial charge in [0.05, 0.1) is 18.5 Å². The zero-order valence-electron chi connectivity index (χ0n) is 9.37. The van der Waals surface area contributed by atoms with Gasteiger partial charge in [0.15, 0.2) is 0 Å². The van der Waals surface area contributed by atoms with E-state index >= 15 is 0 Å². The van der Waals surface area contributed by atoms with Gasteiger partial charge in [0.1, 0.15) is 11.4 Å². The minimum Gasteiger partial charge on any atom is -0.543 e. The molecule has 1 heterocycles. The van der Waals surface area contributed by atoms with Gasteiger partial charge < -0.3 is 19.8 Å². The molecule has 0 spiro atoms. The maximum absolute atomic E-state index is 10.9. The summed E-state index contributed by atoms with van der Waals surface area (Å²) in [7, 11) is 0. The Morgan fingerprint density at radius 2 is 1.89 bits per heavy atom. The summed E-state index contributed by atoms with van der Waals surface area (Å²) < 4.78 is 0.891. The molecule has 1 aromatic heterocycles. The summed E-state index contributed by atoms with van der Waals surface area (Å²) in [5.41, 5.74) is -0.853. The summed E-state index contributed by atoms with van der Waals surface area (Å²) in [5, 5.41) is 28.8. The molecule has 0 radical (unpaired) electrons. The number of carboxylic acid groups (broad SMARTS) is 2. The maximum Gasteiger partial charge on any atom is 0.137 e. The van der Waals surface area contributed by atoms with Crippen molar-refractivity contribution < 1.29 is 19.8 Å². The molecular formula is C11H6ClN3O4-2. The summed E-state index contributed by atoms with van der Waals surface area (Å²) in [6.07, 6.45) is 0. The molecule has 0 fully saturated rings. The van der Waals surface area contributed by atoms with Crippen LogP contribution in [0, 0.1) is 0 Å². The Morgan fingerprint density at radius 3 is 2.47 bits per heavy atom. The lowest BCUT2D eigenvalue weighted by molar-refractivity contribution is -0.260. The van der Waals surface area contributed by atoms with Crippen LogP contribution in [0.15, 0.2) is 24.3 Å². The van der Waals surface area contributed by atoms with E-state index in [2.05, 4.69) is 10.3 Å². The van der Waals surface area contributed by atoms with Crippen LogP contribution >= 0.6 is 11.6 Å². The molecule has 0 aliphatic heterocycles. The average molecular weight is 280 g/mol. The summed E-state index contributed by atoms with van der Waals surface area (Å²) in [4.78, 5) is 21.7. The van der Waals surface area contributed by atoms with Crippen molar-refractivity contribution in [2.75, 3.05) is 0 Å². The highest BCUT2D eigenvalue weighted by Gasteiger charge is 2.15. The molecule has 0 aliphatic carbocycles. The van der Waals surface area contributed by atoms with E-state index in [9.17, 15) is 19.8 Å². The number of carbonyl (C=O) groups excluding carboxylic acids is 2. The van der Waals surface area contributed by atoms with E-state index < -0.39 is 23.3 Å². The minimum atomic E-state index is -1.73. The molecule has 0 aliphatic rings. The first kappa shape index (κ1) is 13.0. The van der Waals surface area contributed by atoms with Crippen LogP contribution in [0.1, 0.15) is 26.5 Å². The average Bonchev–Trinajstić information content (AvgIpc) is 2.76. The molecule has 19 heavy (non-hydrogen) atoms. The minimum absolute atomic E-state index is 0.0384. The van der Waals surface area contributed by atoms with Crippen LogP contribution in [-0.2, 0) is 6.54 Å². The van der Waals surface area contributed by atoms with Crippen molar-refractivity contribution in [1.82, 2.24) is 15.0 Å². The number of aromatic nitrogens is 3. The monoisotopic (exact) mass is 279 g/mol. The second-order valence-corrected chi connectivity index (χ2v) is 4.02. The quantitative estimate of drug-likeness (QED) is 0.688. The van der Waals surface area contributed by atoms with E-state index in [1.54, 1.807) is 24.3 Å². The summed E-state index contributed by atoms with van der Waals surface area (Å²) >= 11 is 5.92. The lowest BCUT2D eigenvalue weighted by atomic mass is 10.2. The van der Waals surface area contributed by atoms with Crippen LogP contribution in [0.4, 0.5) is 0 Å². The van der Waals surface area contributed by atoms with Gasteiger partial charge in [-0.3, -0.25) is 0 Å². The Balaban J connectivity index is 2.44. The van der Waals surface area contributed by atoms with E-state index in [1.165, 1.54) is 0 Å². The Bertz CT molecular complexity index is 653. The van der Waals surface area contributed by atoms with E-state index in [0.29, 0.717) is 10.6 Å². The van der Waals surface area contributed by atoms with Crippen molar-refractivity contribution in [3.8, 4) is 0 Å². The van der Waals surface area contributed by atoms with Crippen molar-refractivity contribution in [3.05, 3.63) is 46.2 Å². The molecule has 2 rings (SSSR count). The van der Waals surface area contributed by atoms with Gasteiger partial charge in [0.2, 0.25) is 0 Å². The van der Waals surface area contributed by atoms with Crippen molar-refractivity contribution >= 4 is 23.5 Å². The Kier molecular flexibility index (Phi) is 3.48. The second kappa shape index (κ2) is 5.07. The molecule has 2 aromatic rings. The molecule has 0 amide bonds. The highest BCUT2D eigenvalue weighted by Crippen LogP contribution is 2.17. The molecule has 0 saturated carbocycles. The summed E-state index contributed by atoms with van der Waals surface area (Å²) in [6, 6.07) is 6.68. The van der Waals surface area contributed by atoms with Crippen molar-refractivity contribution in [3.63, 3.8) is 0 Å². The third-order valence-corrected chi connectivity index (χ3v) is 2.77. The van der Waals surface area contributed by atoms with Gasteiger partial charge in [-0.2, -0.15) is 0 Å². The maximum atomic E-state index is 10.9. The zero-order valence-corrected chi connectivity index (χ0v) is 10.1. The van der Waals surface area contributed by atoms with Gasteiger partial charge in [-0.05, 0) is 11.6 Å². The van der Waals surface area contributed by atoms with Crippen molar-refractivity contribution in [2.45, 2.75) is 6.54 Å². The SMILES string of the molecule is O=C([O-])c1nnn(Cc2ccccc2Cl)c1C(=O)[O-]. The highest BCUT2D eigenvalue weighted by atomic mass is 35.5. The number of aromatic carboxylic acids is 2. The molecule has 98 valence electrons. The smallest absolute Gasteiger partial charge is 0.137 e. The Morgan fingerprint density at radius 1 is 1.21 bits per heavy atom. The summed E-state index contributed by atoms with van der Waals surface area (Å²) in [5.74, 6) is -3.43. The number of nitrogens with zero attached hydrogens (tertiary/aromatic N) is 3.